The van der Waals surface area contributed by atoms with E-state index in [4.69, 9.17) is 0 Å². The van der Waals surface area contributed by atoms with Crippen molar-refractivity contribution >= 4 is 11.9 Å². The number of nitrogens with zero attached hydrogens (tertiary/aromatic N) is 2. The summed E-state index contributed by atoms with van der Waals surface area (Å²) in [4.78, 5) is 23.5. The standard InChI is InChI=1S/C15H25N3O3/c1-6-15(7-2,13(20)21)10-16-12(19)11-8-17-18(9-11)14(3,4)5/h8-9H,6-7,10H2,1-5H3,(H,16,19)(H,20,21). The first-order chi connectivity index (χ1) is 9.66. The SMILES string of the molecule is CCC(CC)(CNC(=O)c1cnn(C(C)(C)C)c1)C(=O)O. The lowest BCUT2D eigenvalue weighted by Gasteiger charge is -2.26. The summed E-state index contributed by atoms with van der Waals surface area (Å²) in [5, 5.41) is 16.2. The molecule has 0 bridgehead atoms. The van der Waals surface area contributed by atoms with Gasteiger partial charge in [0, 0.05) is 12.7 Å². The summed E-state index contributed by atoms with van der Waals surface area (Å²) in [7, 11) is 0. The third kappa shape index (κ3) is 3.83. The molecule has 6 nitrogen and oxygen atoms in total. The third-order valence-electron chi connectivity index (χ3n) is 3.93. The average molecular weight is 295 g/mol. The third-order valence-corrected chi connectivity index (χ3v) is 3.93. The van der Waals surface area contributed by atoms with Crippen molar-refractivity contribution in [2.45, 2.75) is 53.0 Å². The van der Waals surface area contributed by atoms with Gasteiger partial charge in [0.15, 0.2) is 0 Å². The molecule has 118 valence electrons. The monoisotopic (exact) mass is 295 g/mol. The molecular weight excluding hydrogens is 270 g/mol. The molecule has 0 atom stereocenters. The van der Waals surface area contributed by atoms with Gasteiger partial charge in [0.05, 0.1) is 22.7 Å². The first kappa shape index (κ1) is 17.2. The molecule has 1 heterocycles. The van der Waals surface area contributed by atoms with E-state index in [0.29, 0.717) is 18.4 Å². The largest absolute Gasteiger partial charge is 0.481 e. The van der Waals surface area contributed by atoms with Crippen LogP contribution in [0.3, 0.4) is 0 Å². The fraction of sp³-hybridized carbons (Fsp3) is 0.667. The number of hydrogen-bond acceptors (Lipinski definition) is 3. The first-order valence-electron chi connectivity index (χ1n) is 7.23. The van der Waals surface area contributed by atoms with Crippen LogP contribution in [0.1, 0.15) is 57.8 Å². The summed E-state index contributed by atoms with van der Waals surface area (Å²) in [6, 6.07) is 0. The van der Waals surface area contributed by atoms with Crippen molar-refractivity contribution in [3.8, 4) is 0 Å². The van der Waals surface area contributed by atoms with E-state index in [2.05, 4.69) is 10.4 Å². The Labute approximate surface area is 125 Å². The van der Waals surface area contributed by atoms with Crippen molar-refractivity contribution in [1.82, 2.24) is 15.1 Å². The quantitative estimate of drug-likeness (QED) is 0.843. The van der Waals surface area contributed by atoms with E-state index in [9.17, 15) is 14.7 Å². The van der Waals surface area contributed by atoms with Crippen LogP contribution in [-0.2, 0) is 10.3 Å². The van der Waals surface area contributed by atoms with E-state index >= 15 is 0 Å². The molecule has 0 radical (unpaired) electrons. The summed E-state index contributed by atoms with van der Waals surface area (Å²) in [6.07, 6.45) is 4.12. The highest BCUT2D eigenvalue weighted by Crippen LogP contribution is 2.25. The van der Waals surface area contributed by atoms with Crippen LogP contribution in [-0.4, -0.2) is 33.3 Å². The number of carboxylic acid groups (broad SMARTS) is 1. The molecule has 0 saturated carbocycles. The first-order valence-corrected chi connectivity index (χ1v) is 7.23. The predicted octanol–water partition coefficient (Wildman–Crippen LogP) is 2.26. The maximum Gasteiger partial charge on any atom is 0.311 e. The van der Waals surface area contributed by atoms with Crippen molar-refractivity contribution in [2.75, 3.05) is 6.54 Å². The molecule has 2 N–H and O–H groups in total. The Balaban J connectivity index is 2.78. The van der Waals surface area contributed by atoms with E-state index < -0.39 is 11.4 Å². The van der Waals surface area contributed by atoms with Gasteiger partial charge in [-0.15, -0.1) is 0 Å². The zero-order valence-corrected chi connectivity index (χ0v) is 13.4. The molecule has 0 fully saturated rings. The van der Waals surface area contributed by atoms with Gasteiger partial charge in [0.2, 0.25) is 0 Å². The maximum absolute atomic E-state index is 12.1. The van der Waals surface area contributed by atoms with Crippen molar-refractivity contribution in [1.29, 1.82) is 0 Å². The minimum Gasteiger partial charge on any atom is -0.481 e. The topological polar surface area (TPSA) is 84.2 Å². The zero-order valence-electron chi connectivity index (χ0n) is 13.4. The van der Waals surface area contributed by atoms with Crippen molar-refractivity contribution < 1.29 is 14.7 Å². The van der Waals surface area contributed by atoms with Crippen LogP contribution in [0.5, 0.6) is 0 Å². The van der Waals surface area contributed by atoms with E-state index in [0.717, 1.165) is 0 Å². The van der Waals surface area contributed by atoms with Crippen LogP contribution < -0.4 is 5.32 Å². The summed E-state index contributed by atoms with van der Waals surface area (Å²) in [6.45, 7) is 9.74. The number of carboxylic acids is 1. The van der Waals surface area contributed by atoms with Gasteiger partial charge < -0.3 is 10.4 Å². The number of carbonyl (C=O) groups excluding carboxylic acids is 1. The normalized spacial score (nSPS) is 12.2. The lowest BCUT2D eigenvalue weighted by Crippen LogP contribution is -2.42. The van der Waals surface area contributed by atoms with Gasteiger partial charge in [-0.25, -0.2) is 0 Å². The zero-order chi connectivity index (χ0) is 16.3. The Morgan fingerprint density at radius 3 is 2.24 bits per heavy atom. The fourth-order valence-electron chi connectivity index (χ4n) is 2.04. The maximum atomic E-state index is 12.1. The minimum absolute atomic E-state index is 0.120. The Morgan fingerprint density at radius 2 is 1.86 bits per heavy atom. The smallest absolute Gasteiger partial charge is 0.311 e. The van der Waals surface area contributed by atoms with Crippen LogP contribution in [0.25, 0.3) is 0 Å². The Kier molecular flexibility index (Phi) is 5.15. The Bertz CT molecular complexity index is 510. The van der Waals surface area contributed by atoms with Gasteiger partial charge in [-0.05, 0) is 33.6 Å². The molecule has 0 aliphatic carbocycles. The number of nitrogens with one attached hydrogen (secondary N) is 1. The second kappa shape index (κ2) is 6.28. The molecule has 0 aromatic carbocycles. The van der Waals surface area contributed by atoms with Crippen molar-refractivity contribution in [2.24, 2.45) is 5.41 Å². The van der Waals surface area contributed by atoms with Gasteiger partial charge in [-0.1, -0.05) is 13.8 Å². The van der Waals surface area contributed by atoms with Crippen LogP contribution in [0, 0.1) is 5.41 Å². The number of carbonyl (C=O) groups is 2. The molecule has 0 aliphatic rings. The molecule has 0 aliphatic heterocycles. The Morgan fingerprint density at radius 1 is 1.29 bits per heavy atom. The molecule has 0 unspecified atom stereocenters. The molecular formula is C15H25N3O3. The van der Waals surface area contributed by atoms with Crippen molar-refractivity contribution in [3.05, 3.63) is 18.0 Å². The molecule has 21 heavy (non-hydrogen) atoms. The highest BCUT2D eigenvalue weighted by atomic mass is 16.4. The molecule has 0 spiro atoms. The molecule has 1 aromatic heterocycles. The summed E-state index contributed by atoms with van der Waals surface area (Å²) < 4.78 is 1.71. The van der Waals surface area contributed by atoms with E-state index in [1.807, 2.05) is 34.6 Å². The highest BCUT2D eigenvalue weighted by molar-refractivity contribution is 5.94. The predicted molar refractivity (Wildman–Crippen MR) is 80.2 cm³/mol. The number of hydrogen-bond donors (Lipinski definition) is 2. The number of amides is 1. The highest BCUT2D eigenvalue weighted by Gasteiger charge is 2.35. The Hall–Kier alpha value is -1.85. The van der Waals surface area contributed by atoms with Crippen LogP contribution in [0.4, 0.5) is 0 Å². The van der Waals surface area contributed by atoms with E-state index in [-0.39, 0.29) is 18.0 Å². The van der Waals surface area contributed by atoms with Crippen LogP contribution in [0.2, 0.25) is 0 Å². The van der Waals surface area contributed by atoms with Crippen LogP contribution >= 0.6 is 0 Å². The molecule has 1 rings (SSSR count). The minimum atomic E-state index is -0.907. The van der Waals surface area contributed by atoms with Gasteiger partial charge in [0.1, 0.15) is 0 Å². The van der Waals surface area contributed by atoms with Gasteiger partial charge in [0.25, 0.3) is 5.91 Å². The number of rotatable bonds is 6. The lowest BCUT2D eigenvalue weighted by molar-refractivity contribution is -0.149. The van der Waals surface area contributed by atoms with Gasteiger partial charge in [-0.3, -0.25) is 14.3 Å². The lowest BCUT2D eigenvalue weighted by atomic mass is 9.82. The average Bonchev–Trinajstić information content (AvgIpc) is 2.89. The second-order valence-corrected chi connectivity index (χ2v) is 6.32. The summed E-state index contributed by atoms with van der Waals surface area (Å²) in [5.74, 6) is -1.17. The molecule has 1 aromatic rings. The second-order valence-electron chi connectivity index (χ2n) is 6.32. The van der Waals surface area contributed by atoms with E-state index in [1.165, 1.54) is 6.20 Å². The summed E-state index contributed by atoms with van der Waals surface area (Å²) >= 11 is 0. The number of aromatic nitrogens is 2. The summed E-state index contributed by atoms with van der Waals surface area (Å²) in [5.41, 5.74) is -0.664. The molecule has 1 amide bonds. The number of aliphatic carboxylic acids is 1. The van der Waals surface area contributed by atoms with Gasteiger partial charge >= 0.3 is 5.97 Å². The van der Waals surface area contributed by atoms with Crippen LogP contribution in [0.15, 0.2) is 12.4 Å². The van der Waals surface area contributed by atoms with E-state index in [1.54, 1.807) is 10.9 Å². The van der Waals surface area contributed by atoms with Crippen molar-refractivity contribution in [3.63, 3.8) is 0 Å². The molecule has 6 heteroatoms. The molecule has 0 saturated heterocycles. The fourth-order valence-corrected chi connectivity index (χ4v) is 2.04. The van der Waals surface area contributed by atoms with Gasteiger partial charge in [-0.2, -0.15) is 5.10 Å².